The average molecular weight is 581 g/mol. The summed E-state index contributed by atoms with van der Waals surface area (Å²) in [6.07, 6.45) is 1.09. The molecule has 14 heteroatoms. The zero-order chi connectivity index (χ0) is 31.1. The highest BCUT2D eigenvalue weighted by atomic mass is 16.2. The van der Waals surface area contributed by atoms with Crippen molar-refractivity contribution in [3.63, 3.8) is 0 Å². The molecular weight excluding hydrogens is 540 g/mol. The number of rotatable bonds is 17. The van der Waals surface area contributed by atoms with Crippen LogP contribution in [-0.4, -0.2) is 60.6 Å². The summed E-state index contributed by atoms with van der Waals surface area (Å²) in [5.74, 6) is -4.12. The molecule has 0 saturated carbocycles. The average Bonchev–Trinajstić information content (AvgIpc) is 2.95. The van der Waals surface area contributed by atoms with Crippen LogP contribution < -0.4 is 44.6 Å². The normalized spacial score (nSPS) is 12.7. The third kappa shape index (κ3) is 11.3. The highest BCUT2D eigenvalue weighted by molar-refractivity contribution is 6.07. The molecular formula is C28H40N10O4. The van der Waals surface area contributed by atoms with Crippen LogP contribution in [0.5, 0.6) is 0 Å². The van der Waals surface area contributed by atoms with Crippen molar-refractivity contribution in [3.8, 4) is 0 Å². The van der Waals surface area contributed by atoms with Gasteiger partial charge in [-0.2, -0.15) is 0 Å². The second-order valence-electron chi connectivity index (χ2n) is 9.63. The Morgan fingerprint density at radius 1 is 0.786 bits per heavy atom. The van der Waals surface area contributed by atoms with Crippen molar-refractivity contribution < 1.29 is 19.2 Å². The molecule has 42 heavy (non-hydrogen) atoms. The molecule has 0 aliphatic heterocycles. The summed E-state index contributed by atoms with van der Waals surface area (Å²) in [6, 6.07) is 13.1. The van der Waals surface area contributed by atoms with Gasteiger partial charge in [-0.15, -0.1) is 0 Å². The van der Waals surface area contributed by atoms with Crippen molar-refractivity contribution >= 4 is 41.1 Å². The van der Waals surface area contributed by atoms with Crippen LogP contribution in [-0.2, 0) is 25.6 Å². The molecule has 2 rings (SSSR count). The van der Waals surface area contributed by atoms with Crippen molar-refractivity contribution in [2.75, 3.05) is 18.4 Å². The number of nitrogens with two attached hydrogens (primary N) is 5. The van der Waals surface area contributed by atoms with E-state index in [9.17, 15) is 19.2 Å². The van der Waals surface area contributed by atoms with Crippen molar-refractivity contribution in [1.29, 1.82) is 5.41 Å². The van der Waals surface area contributed by atoms with Crippen molar-refractivity contribution in [2.24, 2.45) is 39.6 Å². The number of guanidine groups is 1. The summed E-state index contributed by atoms with van der Waals surface area (Å²) in [6.45, 7) is 0.485. The number of para-hydroxylation sites is 1. The second-order valence-corrected chi connectivity index (χ2v) is 9.63. The predicted molar refractivity (Wildman–Crippen MR) is 161 cm³/mol. The Balaban J connectivity index is 2.24. The van der Waals surface area contributed by atoms with Gasteiger partial charge in [-0.05, 0) is 56.3 Å². The Labute approximate surface area is 244 Å². The maximum atomic E-state index is 13.6. The smallest absolute Gasteiger partial charge is 0.243 e. The van der Waals surface area contributed by atoms with Crippen LogP contribution in [0.2, 0.25) is 0 Å². The van der Waals surface area contributed by atoms with Crippen molar-refractivity contribution in [2.45, 2.75) is 44.2 Å². The van der Waals surface area contributed by atoms with Gasteiger partial charge in [0.1, 0.15) is 23.8 Å². The number of hydrogen-bond acceptors (Lipinski definition) is 7. The molecule has 14 nitrogen and oxygen atoms in total. The second kappa shape index (κ2) is 17.0. The van der Waals surface area contributed by atoms with Crippen molar-refractivity contribution in [3.05, 3.63) is 65.7 Å². The van der Waals surface area contributed by atoms with Gasteiger partial charge in [0.2, 0.25) is 23.6 Å². The van der Waals surface area contributed by atoms with Crippen LogP contribution in [0.4, 0.5) is 5.69 Å². The fourth-order valence-electron chi connectivity index (χ4n) is 4.04. The molecule has 3 atom stereocenters. The number of primary amides is 1. The molecule has 0 aromatic heterocycles. The summed E-state index contributed by atoms with van der Waals surface area (Å²) >= 11 is 0. The van der Waals surface area contributed by atoms with E-state index in [0.29, 0.717) is 29.7 Å². The van der Waals surface area contributed by atoms with E-state index < -0.39 is 41.6 Å². The van der Waals surface area contributed by atoms with Crippen LogP contribution in [0.15, 0.2) is 59.6 Å². The van der Waals surface area contributed by atoms with E-state index in [2.05, 4.69) is 20.9 Å². The summed E-state index contributed by atoms with van der Waals surface area (Å²) in [5.41, 5.74) is 28.9. The van der Waals surface area contributed by atoms with E-state index in [1.54, 1.807) is 54.6 Å². The van der Waals surface area contributed by atoms with Crippen molar-refractivity contribution in [1.82, 2.24) is 10.6 Å². The first-order chi connectivity index (χ1) is 20.0. The first-order valence-corrected chi connectivity index (χ1v) is 13.5. The van der Waals surface area contributed by atoms with Crippen LogP contribution in [0.25, 0.3) is 0 Å². The van der Waals surface area contributed by atoms with Gasteiger partial charge in [0, 0.05) is 17.8 Å². The third-order valence-corrected chi connectivity index (χ3v) is 6.31. The first-order valence-electron chi connectivity index (χ1n) is 13.5. The summed E-state index contributed by atoms with van der Waals surface area (Å²) < 4.78 is 0. The number of carbonyl (C=O) groups is 4. The summed E-state index contributed by atoms with van der Waals surface area (Å²) in [4.78, 5) is 55.9. The standard InChI is InChI=1S/C28H40N10O4/c29-14-4-8-22(27(42)37-21(24(32)39)9-5-15-35-28(33)34)38-26(41)20(25(40)36-19-6-2-1-3-7-19)16-17-10-12-18(13-11-17)23(30)31/h1-3,6-7,10-13,20-22H,4-5,8-9,14-16,29H2,(H3,30,31)(H2,32,39)(H,36,40)(H,37,42)(H,38,41)(H4,33,34,35)/t20?,21-,22?/m0/s1. The van der Waals surface area contributed by atoms with E-state index in [0.717, 1.165) is 0 Å². The number of nitrogens with zero attached hydrogens (tertiary/aromatic N) is 1. The monoisotopic (exact) mass is 580 g/mol. The molecule has 0 radical (unpaired) electrons. The molecule has 226 valence electrons. The zero-order valence-electron chi connectivity index (χ0n) is 23.3. The van der Waals surface area contributed by atoms with E-state index >= 15 is 0 Å². The number of hydrogen-bond donors (Lipinski definition) is 9. The molecule has 0 saturated heterocycles. The Morgan fingerprint density at radius 2 is 1.40 bits per heavy atom. The van der Waals surface area contributed by atoms with Gasteiger partial charge in [-0.25, -0.2) is 0 Å². The number of nitrogens with one attached hydrogen (secondary N) is 4. The largest absolute Gasteiger partial charge is 0.384 e. The lowest BCUT2D eigenvalue weighted by Gasteiger charge is -2.24. The van der Waals surface area contributed by atoms with Gasteiger partial charge in [-0.1, -0.05) is 42.5 Å². The number of aliphatic imine (C=N–C) groups is 1. The maximum absolute atomic E-state index is 13.6. The van der Waals surface area contributed by atoms with Gasteiger partial charge in [0.25, 0.3) is 0 Å². The van der Waals surface area contributed by atoms with Crippen LogP contribution in [0, 0.1) is 11.3 Å². The Kier molecular flexibility index (Phi) is 13.4. The molecule has 4 amide bonds. The summed E-state index contributed by atoms with van der Waals surface area (Å²) in [7, 11) is 0. The Morgan fingerprint density at radius 3 is 1.98 bits per heavy atom. The Bertz CT molecular complexity index is 1250. The fraction of sp³-hybridized carbons (Fsp3) is 0.357. The molecule has 2 unspecified atom stereocenters. The molecule has 0 aliphatic carbocycles. The van der Waals surface area contributed by atoms with Gasteiger partial charge in [0.15, 0.2) is 5.96 Å². The molecule has 2 aromatic carbocycles. The maximum Gasteiger partial charge on any atom is 0.243 e. The SMILES string of the molecule is N=C(N)c1ccc(CC(C(=O)Nc2ccccc2)C(=O)NC(CCCN)C(=O)N[C@@H](CCCN=C(N)N)C(N)=O)cc1. The van der Waals surface area contributed by atoms with E-state index in [1.165, 1.54) is 0 Å². The van der Waals surface area contributed by atoms with E-state index in [4.69, 9.17) is 34.1 Å². The number of amidine groups is 1. The van der Waals surface area contributed by atoms with Crippen LogP contribution >= 0.6 is 0 Å². The Hall–Kier alpha value is -4.98. The number of amides is 4. The zero-order valence-corrected chi connectivity index (χ0v) is 23.3. The highest BCUT2D eigenvalue weighted by Gasteiger charge is 2.32. The fourth-order valence-corrected chi connectivity index (χ4v) is 4.04. The van der Waals surface area contributed by atoms with E-state index in [-0.39, 0.29) is 44.1 Å². The first kappa shape index (κ1) is 33.2. The molecule has 0 fully saturated rings. The minimum Gasteiger partial charge on any atom is -0.384 e. The molecule has 2 aromatic rings. The number of anilines is 1. The van der Waals surface area contributed by atoms with Gasteiger partial charge in [-0.3, -0.25) is 29.6 Å². The third-order valence-electron chi connectivity index (χ3n) is 6.31. The molecule has 0 bridgehead atoms. The molecule has 0 aliphatic rings. The quantitative estimate of drug-likeness (QED) is 0.0484. The van der Waals surface area contributed by atoms with Gasteiger partial charge in [0.05, 0.1) is 0 Å². The topological polar surface area (TPSA) is 271 Å². The molecule has 0 heterocycles. The predicted octanol–water partition coefficient (Wildman–Crippen LogP) is -0.985. The van der Waals surface area contributed by atoms with Crippen LogP contribution in [0.1, 0.15) is 36.8 Å². The minimum atomic E-state index is -1.23. The highest BCUT2D eigenvalue weighted by Crippen LogP contribution is 2.16. The van der Waals surface area contributed by atoms with Gasteiger partial charge >= 0.3 is 0 Å². The lowest BCUT2D eigenvalue weighted by Crippen LogP contribution is -2.54. The number of benzene rings is 2. The minimum absolute atomic E-state index is 0.00259. The summed E-state index contributed by atoms with van der Waals surface area (Å²) in [5, 5.41) is 15.6. The lowest BCUT2D eigenvalue weighted by atomic mass is 9.95. The molecule has 14 N–H and O–H groups in total. The number of carbonyl (C=O) groups excluding carboxylic acids is 4. The van der Waals surface area contributed by atoms with E-state index in [1.807, 2.05) is 0 Å². The number of nitrogen functional groups attached to an aromatic ring is 1. The van der Waals surface area contributed by atoms with Crippen LogP contribution in [0.3, 0.4) is 0 Å². The lowest BCUT2D eigenvalue weighted by molar-refractivity contribution is -0.136. The molecule has 0 spiro atoms. The van der Waals surface area contributed by atoms with Gasteiger partial charge < -0.3 is 44.6 Å².